The minimum atomic E-state index is 0. The average Bonchev–Trinajstić information content (AvgIpc) is 2.52. The van der Waals surface area contributed by atoms with Crippen molar-refractivity contribution in [3.8, 4) is 0 Å². The van der Waals surface area contributed by atoms with Gasteiger partial charge in [-0.15, -0.1) is 20.9 Å². The Bertz CT molecular complexity index is 692. The number of aryl methyl sites for hydroxylation is 2. The minimum absolute atomic E-state index is 0. The fraction of sp³-hybridized carbons (Fsp3) is 0.381. The van der Waals surface area contributed by atoms with Crippen LogP contribution in [0.5, 0.6) is 0 Å². The van der Waals surface area contributed by atoms with Gasteiger partial charge in [0.05, 0.1) is 0 Å². The zero-order valence-corrected chi connectivity index (χ0v) is 27.3. The maximum atomic E-state index is 3.53. The molecular formula is C21H25S2Y3-3. The second-order valence-corrected chi connectivity index (χ2v) is 8.30. The summed E-state index contributed by atoms with van der Waals surface area (Å²) in [7, 11) is 0. The standard InChI is InChI=1S/C21H25S2.3Y/c1-12-9-20(18(7)16(5)14(12)3)22-11-23-21-10-13(2)15(4)17(6)19(21)8;;;/h11H,1-8H3;;;/q-3;;;. The summed E-state index contributed by atoms with van der Waals surface area (Å²) < 4.78 is 0. The van der Waals surface area contributed by atoms with Gasteiger partial charge < -0.3 is 23.5 Å². The van der Waals surface area contributed by atoms with Crippen molar-refractivity contribution in [1.82, 2.24) is 0 Å². The molecule has 0 aromatic heterocycles. The number of hydrogen-bond donors (Lipinski definition) is 0. The quantitative estimate of drug-likeness (QED) is 0.279. The molecule has 2 aromatic rings. The summed E-state index contributed by atoms with van der Waals surface area (Å²) >= 11 is 3.53. The van der Waals surface area contributed by atoms with Crippen LogP contribution in [0.4, 0.5) is 0 Å². The predicted octanol–water partition coefficient (Wildman–Crippen LogP) is 6.75. The van der Waals surface area contributed by atoms with E-state index in [-0.39, 0.29) is 98.1 Å². The number of benzene rings is 2. The normalized spacial score (nSPS) is 9.85. The molecule has 0 nitrogen and oxygen atoms in total. The van der Waals surface area contributed by atoms with Crippen LogP contribution in [-0.2, 0) is 98.1 Å². The maximum Gasteiger partial charge on any atom is 0 e. The Kier molecular flexibility index (Phi) is 16.1. The first-order valence-corrected chi connectivity index (χ1v) is 9.64. The molecule has 0 aliphatic rings. The molecule has 0 aliphatic heterocycles. The largest absolute Gasteiger partial charge is 0.331 e. The van der Waals surface area contributed by atoms with Crippen LogP contribution in [0.25, 0.3) is 0 Å². The van der Waals surface area contributed by atoms with Gasteiger partial charge in [0.2, 0.25) is 0 Å². The van der Waals surface area contributed by atoms with E-state index >= 15 is 0 Å². The van der Waals surface area contributed by atoms with E-state index in [1.165, 1.54) is 54.3 Å². The van der Waals surface area contributed by atoms with E-state index in [0.717, 1.165) is 0 Å². The molecule has 0 amide bonds. The van der Waals surface area contributed by atoms with Crippen molar-refractivity contribution in [3.05, 3.63) is 61.7 Å². The van der Waals surface area contributed by atoms with Crippen LogP contribution in [0.1, 0.15) is 44.5 Å². The van der Waals surface area contributed by atoms with E-state index in [2.05, 4.69) is 72.6 Å². The third kappa shape index (κ3) is 7.30. The average molecular weight is 608 g/mol. The molecule has 3 radical (unpaired) electrons. The summed E-state index contributed by atoms with van der Waals surface area (Å²) in [6.45, 7) is 17.4. The van der Waals surface area contributed by atoms with E-state index in [1.54, 1.807) is 23.5 Å². The van der Waals surface area contributed by atoms with E-state index in [9.17, 15) is 0 Å². The molecule has 0 atom stereocenters. The molecule has 0 saturated carbocycles. The third-order valence-electron chi connectivity index (χ3n) is 4.99. The van der Waals surface area contributed by atoms with Gasteiger partial charge in [0.25, 0.3) is 0 Å². The summed E-state index contributed by atoms with van der Waals surface area (Å²) in [6, 6.07) is 7.05. The molecular weight excluding hydrogens is 583 g/mol. The number of hydrogen-bond acceptors (Lipinski definition) is 2. The van der Waals surface area contributed by atoms with E-state index in [0.29, 0.717) is 0 Å². The van der Waals surface area contributed by atoms with Crippen molar-refractivity contribution in [2.45, 2.75) is 65.2 Å². The van der Waals surface area contributed by atoms with E-state index in [4.69, 9.17) is 0 Å². The Balaban J connectivity index is 0. The van der Waals surface area contributed by atoms with Crippen molar-refractivity contribution in [2.75, 3.05) is 0 Å². The summed E-state index contributed by atoms with van der Waals surface area (Å²) in [5.74, 6) is 0. The number of thioether (sulfide) groups is 2. The van der Waals surface area contributed by atoms with Crippen LogP contribution in [0.2, 0.25) is 0 Å². The molecule has 0 bridgehead atoms. The van der Waals surface area contributed by atoms with E-state index < -0.39 is 0 Å². The molecule has 0 unspecified atom stereocenters. The maximum absolute atomic E-state index is 3.53. The molecule has 5 heteroatoms. The Morgan fingerprint density at radius 2 is 0.808 bits per heavy atom. The fourth-order valence-corrected chi connectivity index (χ4v) is 4.58. The second kappa shape index (κ2) is 13.7. The Morgan fingerprint density at radius 1 is 0.500 bits per heavy atom. The molecule has 0 N–H and O–H groups in total. The Hall–Kier alpha value is 2.45. The third-order valence-corrected chi connectivity index (χ3v) is 7.05. The van der Waals surface area contributed by atoms with Crippen LogP contribution in [0, 0.1) is 72.6 Å². The first-order valence-electron chi connectivity index (χ1n) is 7.88. The van der Waals surface area contributed by atoms with Gasteiger partial charge in [-0.05, 0) is 0 Å². The molecule has 0 aliphatic carbocycles. The zero-order valence-electron chi connectivity index (χ0n) is 17.1. The summed E-state index contributed by atoms with van der Waals surface area (Å²) in [6.07, 6.45) is 0. The van der Waals surface area contributed by atoms with Crippen LogP contribution < -0.4 is 0 Å². The first kappa shape index (κ1) is 30.6. The van der Waals surface area contributed by atoms with Crippen LogP contribution in [-0.4, -0.2) is 0 Å². The molecule has 2 aromatic carbocycles. The van der Waals surface area contributed by atoms with Crippen molar-refractivity contribution in [1.29, 1.82) is 0 Å². The smallest absolute Gasteiger partial charge is 0 e. The van der Waals surface area contributed by atoms with Gasteiger partial charge in [-0.3, -0.25) is 0 Å². The van der Waals surface area contributed by atoms with Crippen molar-refractivity contribution >= 4 is 23.5 Å². The van der Waals surface area contributed by atoms with Crippen molar-refractivity contribution in [2.24, 2.45) is 0 Å². The van der Waals surface area contributed by atoms with Gasteiger partial charge in [-0.25, -0.2) is 5.08 Å². The molecule has 0 spiro atoms. The monoisotopic (exact) mass is 608 g/mol. The molecule has 0 saturated heterocycles. The summed E-state index contributed by atoms with van der Waals surface area (Å²) in [4.78, 5) is 2.47. The second-order valence-electron chi connectivity index (χ2n) is 6.24. The van der Waals surface area contributed by atoms with Gasteiger partial charge in [-0.2, -0.15) is 45.5 Å². The summed E-state index contributed by atoms with van der Waals surface area (Å²) in [5, 5.41) is 2.21. The van der Waals surface area contributed by atoms with Crippen LogP contribution in [0.3, 0.4) is 0 Å². The minimum Gasteiger partial charge on any atom is -0.331 e. The topological polar surface area (TPSA) is 0 Å². The Morgan fingerprint density at radius 3 is 1.12 bits per heavy atom. The summed E-state index contributed by atoms with van der Waals surface area (Å²) in [5.41, 5.74) is 10.7. The van der Waals surface area contributed by atoms with Crippen LogP contribution in [0.15, 0.2) is 9.79 Å². The van der Waals surface area contributed by atoms with E-state index in [1.807, 2.05) is 0 Å². The SMILES string of the molecule is Cc1[c-]c(S[CH-]Sc2[c-]c(C)c(C)c(C)c2C)c(C)c(C)c1C.[Y].[Y].[Y]. The number of rotatable bonds is 4. The van der Waals surface area contributed by atoms with Crippen LogP contribution >= 0.6 is 23.5 Å². The van der Waals surface area contributed by atoms with Crippen molar-refractivity contribution in [3.63, 3.8) is 0 Å². The van der Waals surface area contributed by atoms with Crippen molar-refractivity contribution < 1.29 is 98.1 Å². The molecule has 133 valence electrons. The zero-order chi connectivity index (χ0) is 17.3. The predicted molar refractivity (Wildman–Crippen MR) is 104 cm³/mol. The molecule has 0 fully saturated rings. The molecule has 0 heterocycles. The van der Waals surface area contributed by atoms with Gasteiger partial charge in [0.15, 0.2) is 0 Å². The van der Waals surface area contributed by atoms with Gasteiger partial charge in [0.1, 0.15) is 0 Å². The van der Waals surface area contributed by atoms with Gasteiger partial charge in [0, 0.05) is 98.1 Å². The van der Waals surface area contributed by atoms with Gasteiger partial charge in [-0.1, -0.05) is 55.4 Å². The Labute approximate surface area is 244 Å². The fourth-order valence-electron chi connectivity index (χ4n) is 2.54. The first-order chi connectivity index (χ1) is 10.7. The van der Waals surface area contributed by atoms with Gasteiger partial charge >= 0.3 is 0 Å². The molecule has 2 rings (SSSR count). The molecule has 26 heavy (non-hydrogen) atoms.